The molecule has 0 amide bonds. The number of rotatable bonds is 8. The Kier molecular flexibility index (Phi) is 7.15. The maximum atomic E-state index is 11.8. The first-order valence-electron chi connectivity index (χ1n) is 6.28. The minimum atomic E-state index is -0.791. The van der Waals surface area contributed by atoms with E-state index in [1.54, 1.807) is 0 Å². The normalized spacial score (nSPS) is 12.6. The zero-order chi connectivity index (χ0) is 11.6. The molecule has 0 aliphatic heterocycles. The van der Waals surface area contributed by atoms with Crippen LogP contribution in [0.15, 0.2) is 35.2 Å². The molecule has 0 aliphatic rings. The summed E-state index contributed by atoms with van der Waals surface area (Å²) >= 11 is 0. The summed E-state index contributed by atoms with van der Waals surface area (Å²) in [6.45, 7) is 2.23. The first-order chi connectivity index (χ1) is 7.84. The van der Waals surface area contributed by atoms with Crippen molar-refractivity contribution in [2.24, 2.45) is 0 Å². The number of hydrogen-bond donors (Lipinski definition) is 0. The molecule has 0 saturated heterocycles. The first kappa shape index (κ1) is 13.4. The Balaban J connectivity index is 2.12. The van der Waals surface area contributed by atoms with Crippen molar-refractivity contribution in [1.82, 2.24) is 0 Å². The van der Waals surface area contributed by atoms with Crippen LogP contribution in [0.1, 0.15) is 45.4 Å². The van der Waals surface area contributed by atoms with Crippen LogP contribution in [0, 0.1) is 0 Å². The third-order valence-corrected chi connectivity index (χ3v) is 4.15. The molecule has 0 radical (unpaired) electrons. The van der Waals surface area contributed by atoms with Gasteiger partial charge in [-0.1, -0.05) is 57.2 Å². The fourth-order valence-corrected chi connectivity index (χ4v) is 2.87. The molecule has 90 valence electrons. The molecule has 1 atom stereocenters. The highest BCUT2D eigenvalue weighted by atomic mass is 32.2. The van der Waals surface area contributed by atoms with Crippen LogP contribution in [0.25, 0.3) is 0 Å². The molecular formula is C14H22OS. The van der Waals surface area contributed by atoms with Crippen LogP contribution in [0.2, 0.25) is 0 Å². The Labute approximate surface area is 102 Å². The van der Waals surface area contributed by atoms with Crippen LogP contribution < -0.4 is 0 Å². The minimum Gasteiger partial charge on any atom is -0.254 e. The number of hydrogen-bond acceptors (Lipinski definition) is 1. The fourth-order valence-electron chi connectivity index (χ4n) is 1.70. The quantitative estimate of drug-likeness (QED) is 0.622. The maximum Gasteiger partial charge on any atom is 0.0529 e. The second kappa shape index (κ2) is 8.51. The zero-order valence-electron chi connectivity index (χ0n) is 10.2. The summed E-state index contributed by atoms with van der Waals surface area (Å²) in [4.78, 5) is 0.969. The van der Waals surface area contributed by atoms with Crippen molar-refractivity contribution >= 4 is 10.8 Å². The van der Waals surface area contributed by atoms with Gasteiger partial charge in [0.2, 0.25) is 0 Å². The highest BCUT2D eigenvalue weighted by molar-refractivity contribution is 7.85. The highest BCUT2D eigenvalue weighted by Gasteiger charge is 2.01. The van der Waals surface area contributed by atoms with Crippen molar-refractivity contribution in [1.29, 1.82) is 0 Å². The van der Waals surface area contributed by atoms with Crippen LogP contribution in [-0.4, -0.2) is 9.96 Å². The smallest absolute Gasteiger partial charge is 0.0529 e. The monoisotopic (exact) mass is 238 g/mol. The Hall–Kier alpha value is -0.630. The lowest BCUT2D eigenvalue weighted by Gasteiger charge is -2.02. The molecule has 1 aromatic carbocycles. The lowest BCUT2D eigenvalue weighted by Crippen LogP contribution is -1.97. The third-order valence-electron chi connectivity index (χ3n) is 2.69. The van der Waals surface area contributed by atoms with E-state index in [0.29, 0.717) is 0 Å². The Morgan fingerprint density at radius 3 is 2.25 bits per heavy atom. The molecule has 0 aliphatic carbocycles. The molecule has 2 heteroatoms. The predicted octanol–water partition coefficient (Wildman–Crippen LogP) is 4.15. The van der Waals surface area contributed by atoms with Crippen molar-refractivity contribution in [2.75, 3.05) is 5.75 Å². The van der Waals surface area contributed by atoms with Crippen LogP contribution in [0.5, 0.6) is 0 Å². The molecule has 1 rings (SSSR count). The van der Waals surface area contributed by atoms with Gasteiger partial charge in [-0.05, 0) is 18.6 Å². The van der Waals surface area contributed by atoms with Crippen molar-refractivity contribution in [3.8, 4) is 0 Å². The largest absolute Gasteiger partial charge is 0.254 e. The highest BCUT2D eigenvalue weighted by Crippen LogP contribution is 2.10. The van der Waals surface area contributed by atoms with Crippen LogP contribution >= 0.6 is 0 Å². The van der Waals surface area contributed by atoms with Crippen molar-refractivity contribution in [2.45, 2.75) is 50.3 Å². The van der Waals surface area contributed by atoms with Gasteiger partial charge in [0, 0.05) is 10.6 Å². The van der Waals surface area contributed by atoms with Gasteiger partial charge in [-0.25, -0.2) is 0 Å². The van der Waals surface area contributed by atoms with E-state index in [1.807, 2.05) is 30.3 Å². The molecule has 0 heterocycles. The molecule has 1 unspecified atom stereocenters. The summed E-state index contributed by atoms with van der Waals surface area (Å²) in [5, 5.41) is 0. The average Bonchev–Trinajstić information content (AvgIpc) is 2.34. The lowest BCUT2D eigenvalue weighted by molar-refractivity contribution is 0.622. The zero-order valence-corrected chi connectivity index (χ0v) is 11.0. The molecule has 0 fully saturated rings. The second-order valence-electron chi connectivity index (χ2n) is 4.13. The van der Waals surface area contributed by atoms with Crippen LogP contribution in [-0.2, 0) is 10.8 Å². The molecule has 1 nitrogen and oxygen atoms in total. The van der Waals surface area contributed by atoms with E-state index in [2.05, 4.69) is 6.92 Å². The molecule has 0 bridgehead atoms. The van der Waals surface area contributed by atoms with E-state index in [0.717, 1.165) is 17.1 Å². The summed E-state index contributed by atoms with van der Waals surface area (Å²) in [6.07, 6.45) is 7.55. The Morgan fingerprint density at radius 2 is 1.56 bits per heavy atom. The van der Waals surface area contributed by atoms with E-state index in [1.165, 1.54) is 32.1 Å². The summed E-state index contributed by atoms with van der Waals surface area (Å²) in [7, 11) is -0.791. The molecule has 0 aromatic heterocycles. The van der Waals surface area contributed by atoms with Gasteiger partial charge in [0.1, 0.15) is 0 Å². The van der Waals surface area contributed by atoms with E-state index >= 15 is 0 Å². The van der Waals surface area contributed by atoms with Crippen molar-refractivity contribution in [3.63, 3.8) is 0 Å². The third kappa shape index (κ3) is 5.45. The van der Waals surface area contributed by atoms with Gasteiger partial charge in [0.05, 0.1) is 10.8 Å². The molecule has 0 saturated carbocycles. The predicted molar refractivity (Wildman–Crippen MR) is 71.1 cm³/mol. The van der Waals surface area contributed by atoms with Gasteiger partial charge in [0.15, 0.2) is 0 Å². The van der Waals surface area contributed by atoms with E-state index in [9.17, 15) is 4.21 Å². The van der Waals surface area contributed by atoms with Gasteiger partial charge in [-0.15, -0.1) is 0 Å². The molecular weight excluding hydrogens is 216 g/mol. The molecule has 0 spiro atoms. The SMILES string of the molecule is CCCCCCCCS(=O)c1ccccc1. The van der Waals surface area contributed by atoms with Gasteiger partial charge in [-0.2, -0.15) is 0 Å². The fraction of sp³-hybridized carbons (Fsp3) is 0.571. The van der Waals surface area contributed by atoms with E-state index < -0.39 is 10.8 Å². The first-order valence-corrected chi connectivity index (χ1v) is 7.60. The van der Waals surface area contributed by atoms with Gasteiger partial charge >= 0.3 is 0 Å². The Morgan fingerprint density at radius 1 is 0.938 bits per heavy atom. The van der Waals surface area contributed by atoms with Crippen LogP contribution in [0.3, 0.4) is 0 Å². The lowest BCUT2D eigenvalue weighted by atomic mass is 10.1. The standard InChI is InChI=1S/C14H22OS/c1-2-3-4-5-6-10-13-16(15)14-11-8-7-9-12-14/h7-9,11-12H,2-6,10,13H2,1H3. The number of unbranched alkanes of at least 4 members (excludes halogenated alkanes) is 5. The molecule has 1 aromatic rings. The van der Waals surface area contributed by atoms with E-state index in [4.69, 9.17) is 0 Å². The molecule has 0 N–H and O–H groups in total. The summed E-state index contributed by atoms with van der Waals surface area (Å²) in [5.74, 6) is 0.816. The van der Waals surface area contributed by atoms with Gasteiger partial charge in [-0.3, -0.25) is 4.21 Å². The summed E-state index contributed by atoms with van der Waals surface area (Å²) in [5.41, 5.74) is 0. The summed E-state index contributed by atoms with van der Waals surface area (Å²) < 4.78 is 11.8. The second-order valence-corrected chi connectivity index (χ2v) is 5.70. The van der Waals surface area contributed by atoms with E-state index in [-0.39, 0.29) is 0 Å². The van der Waals surface area contributed by atoms with Gasteiger partial charge in [0.25, 0.3) is 0 Å². The Bertz CT molecular complexity index is 295. The minimum absolute atomic E-state index is 0.791. The summed E-state index contributed by atoms with van der Waals surface area (Å²) in [6, 6.07) is 9.77. The van der Waals surface area contributed by atoms with Crippen molar-refractivity contribution in [3.05, 3.63) is 30.3 Å². The topological polar surface area (TPSA) is 17.1 Å². The van der Waals surface area contributed by atoms with Gasteiger partial charge < -0.3 is 0 Å². The average molecular weight is 238 g/mol. The van der Waals surface area contributed by atoms with Crippen LogP contribution in [0.4, 0.5) is 0 Å². The number of benzene rings is 1. The molecule has 16 heavy (non-hydrogen) atoms. The maximum absolute atomic E-state index is 11.8. The van der Waals surface area contributed by atoms with Crippen molar-refractivity contribution < 1.29 is 4.21 Å².